The highest BCUT2D eigenvalue weighted by Gasteiger charge is 2.25. The Balaban J connectivity index is 2.53. The molecule has 1 unspecified atom stereocenters. The van der Waals surface area contributed by atoms with E-state index in [1.165, 1.54) is 18.3 Å². The van der Waals surface area contributed by atoms with Crippen LogP contribution < -0.4 is 11.3 Å². The van der Waals surface area contributed by atoms with Crippen LogP contribution in [0, 0.1) is 18.6 Å². The fourth-order valence-corrected chi connectivity index (χ4v) is 2.13. The van der Waals surface area contributed by atoms with Crippen molar-refractivity contribution in [3.8, 4) is 0 Å². The summed E-state index contributed by atoms with van der Waals surface area (Å²) in [4.78, 5) is 0. The highest BCUT2D eigenvalue weighted by atomic mass is 19.1. The monoisotopic (exact) mass is 281 g/mol. The molecule has 7 heteroatoms. The molecule has 0 aliphatic rings. The number of nitrogens with zero attached hydrogens (tertiary/aromatic N) is 3. The van der Waals surface area contributed by atoms with Gasteiger partial charge >= 0.3 is 0 Å². The van der Waals surface area contributed by atoms with Crippen molar-refractivity contribution in [2.24, 2.45) is 5.84 Å². The average molecular weight is 281 g/mol. The molecule has 0 aliphatic heterocycles. The third-order valence-electron chi connectivity index (χ3n) is 3.15. The van der Waals surface area contributed by atoms with Crippen LogP contribution in [0.25, 0.3) is 0 Å². The molecular formula is C13H17F2N5. The zero-order valence-corrected chi connectivity index (χ0v) is 11.4. The Labute approximate surface area is 115 Å². The van der Waals surface area contributed by atoms with E-state index in [0.717, 1.165) is 6.42 Å². The molecule has 5 nitrogen and oxygen atoms in total. The van der Waals surface area contributed by atoms with Crippen molar-refractivity contribution in [3.63, 3.8) is 0 Å². The molecule has 1 heterocycles. The molecule has 2 rings (SSSR count). The van der Waals surface area contributed by atoms with Crippen LogP contribution in [-0.4, -0.2) is 15.0 Å². The van der Waals surface area contributed by atoms with Crippen LogP contribution in [0.3, 0.4) is 0 Å². The summed E-state index contributed by atoms with van der Waals surface area (Å²) < 4.78 is 29.8. The number of nitrogens with one attached hydrogen (secondary N) is 1. The van der Waals surface area contributed by atoms with E-state index >= 15 is 0 Å². The van der Waals surface area contributed by atoms with E-state index in [2.05, 4.69) is 15.7 Å². The number of nitrogens with two attached hydrogens (primary N) is 1. The SMILES string of the molecule is CCCn1nncc1C(NN)c1c(F)ccc(C)c1F. The maximum absolute atomic E-state index is 14.2. The van der Waals surface area contributed by atoms with Crippen molar-refractivity contribution < 1.29 is 8.78 Å². The molecule has 0 bridgehead atoms. The van der Waals surface area contributed by atoms with Gasteiger partial charge in [0.2, 0.25) is 0 Å². The van der Waals surface area contributed by atoms with Crippen molar-refractivity contribution in [3.05, 3.63) is 46.8 Å². The van der Waals surface area contributed by atoms with E-state index in [9.17, 15) is 8.78 Å². The van der Waals surface area contributed by atoms with Crippen molar-refractivity contribution in [2.45, 2.75) is 32.9 Å². The van der Waals surface area contributed by atoms with Crippen LogP contribution in [0.1, 0.15) is 36.2 Å². The standard InChI is InChI=1S/C13H17F2N5/c1-3-6-20-10(7-17-19-20)13(18-16)11-9(14)5-4-8(2)12(11)15/h4-5,7,13,18H,3,6,16H2,1-2H3. The maximum atomic E-state index is 14.2. The Morgan fingerprint density at radius 1 is 1.40 bits per heavy atom. The Kier molecular flexibility index (Phi) is 4.41. The van der Waals surface area contributed by atoms with E-state index in [4.69, 9.17) is 5.84 Å². The summed E-state index contributed by atoms with van der Waals surface area (Å²) in [5.74, 6) is 4.23. The minimum Gasteiger partial charge on any atom is -0.271 e. The van der Waals surface area contributed by atoms with Crippen LogP contribution in [0.4, 0.5) is 8.78 Å². The third kappa shape index (κ3) is 2.54. The lowest BCUT2D eigenvalue weighted by Crippen LogP contribution is -2.32. The van der Waals surface area contributed by atoms with Crippen molar-refractivity contribution in [1.82, 2.24) is 20.4 Å². The van der Waals surface area contributed by atoms with Crippen molar-refractivity contribution in [2.75, 3.05) is 0 Å². The maximum Gasteiger partial charge on any atom is 0.134 e. The Bertz CT molecular complexity index is 596. The minimum atomic E-state index is -0.837. The summed E-state index contributed by atoms with van der Waals surface area (Å²) >= 11 is 0. The third-order valence-corrected chi connectivity index (χ3v) is 3.15. The molecule has 0 spiro atoms. The van der Waals surface area contributed by atoms with Crippen LogP contribution in [0.5, 0.6) is 0 Å². The molecule has 20 heavy (non-hydrogen) atoms. The lowest BCUT2D eigenvalue weighted by Gasteiger charge is -2.19. The second kappa shape index (κ2) is 6.06. The van der Waals surface area contributed by atoms with E-state index in [1.807, 2.05) is 6.92 Å². The summed E-state index contributed by atoms with van der Waals surface area (Å²) in [5, 5.41) is 7.70. The first-order chi connectivity index (χ1) is 9.60. The number of rotatable bonds is 5. The molecule has 0 aliphatic carbocycles. The number of halogens is 2. The molecule has 0 fully saturated rings. The quantitative estimate of drug-likeness (QED) is 0.648. The lowest BCUT2D eigenvalue weighted by atomic mass is 10.0. The Hall–Kier alpha value is -1.86. The van der Waals surface area contributed by atoms with Crippen molar-refractivity contribution in [1.29, 1.82) is 0 Å². The number of hydrogen-bond donors (Lipinski definition) is 2. The highest BCUT2D eigenvalue weighted by Crippen LogP contribution is 2.27. The number of hydrazine groups is 1. The summed E-state index contributed by atoms with van der Waals surface area (Å²) in [6.45, 7) is 4.15. The fourth-order valence-electron chi connectivity index (χ4n) is 2.13. The number of aryl methyl sites for hydroxylation is 2. The summed E-state index contributed by atoms with van der Waals surface area (Å²) in [6.07, 6.45) is 2.29. The number of benzene rings is 1. The van der Waals surface area contributed by atoms with Crippen LogP contribution in [-0.2, 0) is 6.54 Å². The van der Waals surface area contributed by atoms with Crippen LogP contribution in [0.2, 0.25) is 0 Å². The minimum absolute atomic E-state index is 0.118. The normalized spacial score (nSPS) is 12.7. The molecule has 0 saturated heterocycles. The van der Waals surface area contributed by atoms with Gasteiger partial charge in [0.25, 0.3) is 0 Å². The largest absolute Gasteiger partial charge is 0.271 e. The summed E-state index contributed by atoms with van der Waals surface area (Å²) in [7, 11) is 0. The molecular weight excluding hydrogens is 264 g/mol. The number of hydrogen-bond acceptors (Lipinski definition) is 4. The summed E-state index contributed by atoms with van der Waals surface area (Å²) in [5.41, 5.74) is 3.21. The first kappa shape index (κ1) is 14.5. The van der Waals surface area contributed by atoms with Gasteiger partial charge in [0.15, 0.2) is 0 Å². The topological polar surface area (TPSA) is 68.8 Å². The fraction of sp³-hybridized carbons (Fsp3) is 0.385. The Morgan fingerprint density at radius 3 is 2.80 bits per heavy atom. The first-order valence-corrected chi connectivity index (χ1v) is 6.39. The van der Waals surface area contributed by atoms with Gasteiger partial charge in [-0.1, -0.05) is 18.2 Å². The van der Waals surface area contributed by atoms with E-state index in [0.29, 0.717) is 17.8 Å². The van der Waals surface area contributed by atoms with Gasteiger partial charge in [-0.05, 0) is 25.0 Å². The predicted molar refractivity (Wildman–Crippen MR) is 70.6 cm³/mol. The van der Waals surface area contributed by atoms with Gasteiger partial charge in [0.05, 0.1) is 17.9 Å². The Morgan fingerprint density at radius 2 is 2.15 bits per heavy atom. The predicted octanol–water partition coefficient (Wildman–Crippen LogP) is 1.83. The molecule has 1 aromatic carbocycles. The highest BCUT2D eigenvalue weighted by molar-refractivity contribution is 5.33. The zero-order chi connectivity index (χ0) is 14.7. The van der Waals surface area contributed by atoms with Gasteiger partial charge in [-0.2, -0.15) is 0 Å². The van der Waals surface area contributed by atoms with E-state index in [1.54, 1.807) is 11.6 Å². The second-order valence-electron chi connectivity index (χ2n) is 4.57. The van der Waals surface area contributed by atoms with Crippen molar-refractivity contribution >= 4 is 0 Å². The molecule has 3 N–H and O–H groups in total. The molecule has 0 saturated carbocycles. The van der Waals surface area contributed by atoms with E-state index in [-0.39, 0.29) is 5.56 Å². The van der Waals surface area contributed by atoms with Gasteiger partial charge in [0.1, 0.15) is 11.6 Å². The van der Waals surface area contributed by atoms with Gasteiger partial charge in [-0.15, -0.1) is 5.10 Å². The molecule has 2 aromatic rings. The molecule has 0 radical (unpaired) electrons. The van der Waals surface area contributed by atoms with Crippen LogP contribution in [0.15, 0.2) is 18.3 Å². The van der Waals surface area contributed by atoms with Crippen LogP contribution >= 0.6 is 0 Å². The van der Waals surface area contributed by atoms with Gasteiger partial charge < -0.3 is 0 Å². The molecule has 1 aromatic heterocycles. The van der Waals surface area contributed by atoms with Gasteiger partial charge in [-0.3, -0.25) is 5.84 Å². The molecule has 108 valence electrons. The smallest absolute Gasteiger partial charge is 0.134 e. The second-order valence-corrected chi connectivity index (χ2v) is 4.57. The van der Waals surface area contributed by atoms with Gasteiger partial charge in [0, 0.05) is 12.1 Å². The zero-order valence-electron chi connectivity index (χ0n) is 11.4. The van der Waals surface area contributed by atoms with E-state index < -0.39 is 17.7 Å². The molecule has 0 amide bonds. The van der Waals surface area contributed by atoms with Gasteiger partial charge in [-0.25, -0.2) is 18.9 Å². The number of aromatic nitrogens is 3. The average Bonchev–Trinajstić information content (AvgIpc) is 2.88. The summed E-state index contributed by atoms with van der Waals surface area (Å²) in [6, 6.07) is 1.78. The molecule has 1 atom stereocenters. The lowest BCUT2D eigenvalue weighted by molar-refractivity contribution is 0.471. The first-order valence-electron chi connectivity index (χ1n) is 6.39.